The normalized spacial score (nSPS) is 13.8. The fourth-order valence-corrected chi connectivity index (χ4v) is 4.06. The van der Waals surface area contributed by atoms with E-state index in [2.05, 4.69) is 0 Å². The topological polar surface area (TPSA) is 63.0 Å². The van der Waals surface area contributed by atoms with Crippen LogP contribution in [-0.4, -0.2) is 47.8 Å². The smallest absolute Gasteiger partial charge is 0.289 e. The van der Waals surface area contributed by atoms with Gasteiger partial charge in [0.05, 0.1) is 0 Å². The summed E-state index contributed by atoms with van der Waals surface area (Å²) in [4.78, 5) is 28.5. The molecule has 0 aliphatic carbocycles. The minimum Gasteiger partial charge on any atom is -0.486 e. The molecule has 4 aromatic rings. The van der Waals surface area contributed by atoms with Gasteiger partial charge in [0.1, 0.15) is 18.1 Å². The monoisotopic (exact) mass is 476 g/mol. The van der Waals surface area contributed by atoms with Gasteiger partial charge in [0, 0.05) is 31.7 Å². The summed E-state index contributed by atoms with van der Waals surface area (Å²) in [6.07, 6.45) is 0. The Balaban J connectivity index is 1.16. The summed E-state index contributed by atoms with van der Waals surface area (Å²) in [5, 5.41) is 2.19. The number of benzene rings is 3. The molecule has 1 fully saturated rings. The number of hydrogen-bond acceptors (Lipinski definition) is 4. The van der Waals surface area contributed by atoms with Gasteiger partial charge in [-0.25, -0.2) is 8.78 Å². The molecule has 8 heteroatoms. The standard InChI is InChI=1S/C27H22F2N2O4/c28-23-9-6-20(16-24(23)29)26(32)30-11-13-31(14-12-30)27(33)25-10-8-22(35-25)17-34-21-7-5-18-3-1-2-4-19(18)15-21/h1-10,15-16H,11-14,17H2. The Morgan fingerprint density at radius 3 is 2.23 bits per heavy atom. The molecule has 1 aliphatic heterocycles. The van der Waals surface area contributed by atoms with Crippen LogP contribution in [-0.2, 0) is 6.61 Å². The number of fused-ring (bicyclic) bond motifs is 1. The van der Waals surface area contributed by atoms with Crippen LogP contribution in [0.15, 0.2) is 77.2 Å². The summed E-state index contributed by atoms with van der Waals surface area (Å²) in [6.45, 7) is 1.35. The molecular formula is C27H22F2N2O4. The molecular weight excluding hydrogens is 454 g/mol. The van der Waals surface area contributed by atoms with Crippen LogP contribution in [0, 0.1) is 11.6 Å². The Labute approximate surface area is 200 Å². The molecule has 1 aromatic heterocycles. The Kier molecular flexibility index (Phi) is 6.18. The van der Waals surface area contributed by atoms with Crippen molar-refractivity contribution in [3.8, 4) is 5.75 Å². The number of hydrogen-bond donors (Lipinski definition) is 0. The highest BCUT2D eigenvalue weighted by Gasteiger charge is 2.27. The van der Waals surface area contributed by atoms with Crippen molar-refractivity contribution in [1.82, 2.24) is 9.80 Å². The van der Waals surface area contributed by atoms with Crippen LogP contribution < -0.4 is 4.74 Å². The van der Waals surface area contributed by atoms with Crippen molar-refractivity contribution >= 4 is 22.6 Å². The molecule has 35 heavy (non-hydrogen) atoms. The van der Waals surface area contributed by atoms with Crippen molar-refractivity contribution < 1.29 is 27.5 Å². The lowest BCUT2D eigenvalue weighted by Gasteiger charge is -2.34. The third-order valence-corrected chi connectivity index (χ3v) is 6.00. The molecule has 0 atom stereocenters. The molecule has 178 valence electrons. The number of carbonyl (C=O) groups is 2. The summed E-state index contributed by atoms with van der Waals surface area (Å²) in [5.41, 5.74) is 0.0748. The Morgan fingerprint density at radius 1 is 0.771 bits per heavy atom. The van der Waals surface area contributed by atoms with E-state index in [9.17, 15) is 18.4 Å². The van der Waals surface area contributed by atoms with E-state index in [0.717, 1.165) is 22.9 Å². The molecule has 2 amide bonds. The third-order valence-electron chi connectivity index (χ3n) is 6.00. The maximum Gasteiger partial charge on any atom is 0.289 e. The zero-order valence-electron chi connectivity index (χ0n) is 18.7. The van der Waals surface area contributed by atoms with E-state index < -0.39 is 17.5 Å². The van der Waals surface area contributed by atoms with Gasteiger partial charge in [-0.05, 0) is 53.2 Å². The van der Waals surface area contributed by atoms with E-state index in [1.165, 1.54) is 11.0 Å². The third kappa shape index (κ3) is 4.87. The highest BCUT2D eigenvalue weighted by molar-refractivity contribution is 5.95. The van der Waals surface area contributed by atoms with Crippen molar-refractivity contribution in [2.24, 2.45) is 0 Å². The van der Waals surface area contributed by atoms with Crippen LogP contribution in [0.4, 0.5) is 8.78 Å². The zero-order chi connectivity index (χ0) is 24.4. The first-order valence-electron chi connectivity index (χ1n) is 11.2. The quantitative estimate of drug-likeness (QED) is 0.412. The predicted molar refractivity (Wildman–Crippen MR) is 125 cm³/mol. The highest BCUT2D eigenvalue weighted by Crippen LogP contribution is 2.22. The fraction of sp³-hybridized carbons (Fsp3) is 0.185. The number of amides is 2. The molecule has 0 bridgehead atoms. The second-order valence-corrected chi connectivity index (χ2v) is 8.28. The first kappa shape index (κ1) is 22.6. The minimum absolute atomic E-state index is 0.0748. The second kappa shape index (κ2) is 9.58. The van der Waals surface area contributed by atoms with E-state index in [4.69, 9.17) is 9.15 Å². The lowest BCUT2D eigenvalue weighted by molar-refractivity contribution is 0.0516. The average molecular weight is 476 g/mol. The van der Waals surface area contributed by atoms with E-state index in [-0.39, 0.29) is 36.9 Å². The van der Waals surface area contributed by atoms with Crippen molar-refractivity contribution in [3.63, 3.8) is 0 Å². The van der Waals surface area contributed by atoms with E-state index in [1.54, 1.807) is 17.0 Å². The summed E-state index contributed by atoms with van der Waals surface area (Å²) in [7, 11) is 0. The summed E-state index contributed by atoms with van der Waals surface area (Å²) < 4.78 is 38.1. The Morgan fingerprint density at radius 2 is 1.49 bits per heavy atom. The van der Waals surface area contributed by atoms with Gasteiger partial charge in [0.15, 0.2) is 17.4 Å². The van der Waals surface area contributed by atoms with Gasteiger partial charge in [-0.15, -0.1) is 0 Å². The lowest BCUT2D eigenvalue weighted by Crippen LogP contribution is -2.50. The summed E-state index contributed by atoms with van der Waals surface area (Å²) in [5.74, 6) is -1.32. The van der Waals surface area contributed by atoms with Gasteiger partial charge in [0.2, 0.25) is 0 Å². The van der Waals surface area contributed by atoms with Crippen LogP contribution in [0.3, 0.4) is 0 Å². The number of rotatable bonds is 5. The maximum absolute atomic E-state index is 13.5. The molecule has 6 nitrogen and oxygen atoms in total. The summed E-state index contributed by atoms with van der Waals surface area (Å²) >= 11 is 0. The van der Waals surface area contributed by atoms with E-state index in [1.807, 2.05) is 42.5 Å². The molecule has 0 spiro atoms. The largest absolute Gasteiger partial charge is 0.486 e. The Hall–Kier alpha value is -4.20. The van der Waals surface area contributed by atoms with Crippen LogP contribution in [0.25, 0.3) is 10.8 Å². The van der Waals surface area contributed by atoms with E-state index in [0.29, 0.717) is 24.6 Å². The van der Waals surface area contributed by atoms with Gasteiger partial charge in [-0.3, -0.25) is 9.59 Å². The molecule has 0 radical (unpaired) electrons. The predicted octanol–water partition coefficient (Wildman–Crippen LogP) is 4.89. The van der Waals surface area contributed by atoms with Crippen molar-refractivity contribution in [3.05, 3.63) is 102 Å². The second-order valence-electron chi connectivity index (χ2n) is 8.28. The zero-order valence-corrected chi connectivity index (χ0v) is 18.7. The number of halogens is 2. The van der Waals surface area contributed by atoms with Gasteiger partial charge in [0.25, 0.3) is 11.8 Å². The first-order chi connectivity index (χ1) is 17.0. The van der Waals surface area contributed by atoms with Gasteiger partial charge >= 0.3 is 0 Å². The maximum atomic E-state index is 13.5. The number of nitrogens with zero attached hydrogens (tertiary/aromatic N) is 2. The molecule has 0 saturated carbocycles. The number of piperazine rings is 1. The van der Waals surface area contributed by atoms with Crippen molar-refractivity contribution in [1.29, 1.82) is 0 Å². The van der Waals surface area contributed by atoms with Crippen LogP contribution in [0.2, 0.25) is 0 Å². The highest BCUT2D eigenvalue weighted by atomic mass is 19.2. The fourth-order valence-electron chi connectivity index (χ4n) is 4.06. The number of furan rings is 1. The Bertz CT molecular complexity index is 1390. The molecule has 5 rings (SSSR count). The van der Waals surface area contributed by atoms with Crippen LogP contribution in [0.1, 0.15) is 26.7 Å². The molecule has 1 saturated heterocycles. The minimum atomic E-state index is -1.07. The molecule has 1 aliphatic rings. The van der Waals surface area contributed by atoms with Crippen LogP contribution >= 0.6 is 0 Å². The molecule has 3 aromatic carbocycles. The lowest BCUT2D eigenvalue weighted by atomic mass is 10.1. The van der Waals surface area contributed by atoms with Gasteiger partial charge in [-0.2, -0.15) is 0 Å². The molecule has 2 heterocycles. The van der Waals surface area contributed by atoms with Gasteiger partial charge in [-0.1, -0.05) is 30.3 Å². The first-order valence-corrected chi connectivity index (χ1v) is 11.2. The van der Waals surface area contributed by atoms with Crippen molar-refractivity contribution in [2.45, 2.75) is 6.61 Å². The number of ether oxygens (including phenoxy) is 1. The molecule has 0 N–H and O–H groups in total. The van der Waals surface area contributed by atoms with Crippen molar-refractivity contribution in [2.75, 3.05) is 26.2 Å². The van der Waals surface area contributed by atoms with E-state index >= 15 is 0 Å². The number of carbonyl (C=O) groups excluding carboxylic acids is 2. The molecule has 0 unspecified atom stereocenters. The summed E-state index contributed by atoms with van der Waals surface area (Å²) in [6, 6.07) is 20.2. The average Bonchev–Trinajstić information content (AvgIpc) is 3.37. The SMILES string of the molecule is O=C(c1ccc(F)c(F)c1)N1CCN(C(=O)c2ccc(COc3ccc4ccccc4c3)o2)CC1. The van der Waals surface area contributed by atoms with Gasteiger partial charge < -0.3 is 19.0 Å². The van der Waals surface area contributed by atoms with Crippen LogP contribution in [0.5, 0.6) is 5.75 Å².